The summed E-state index contributed by atoms with van der Waals surface area (Å²) in [6, 6.07) is 6.10. The zero-order valence-corrected chi connectivity index (χ0v) is 12.2. The minimum absolute atomic E-state index is 0.0767. The van der Waals surface area contributed by atoms with Gasteiger partial charge < -0.3 is 10.3 Å². The minimum Gasteiger partial charge on any atom is -0.358 e. The molecule has 5 heteroatoms. The van der Waals surface area contributed by atoms with Crippen LogP contribution in [0.15, 0.2) is 29.8 Å². The fraction of sp³-hybridized carbons (Fsp3) is 0.200. The quantitative estimate of drug-likeness (QED) is 0.721. The summed E-state index contributed by atoms with van der Waals surface area (Å²) in [5, 5.41) is 6.70. The largest absolute Gasteiger partial charge is 0.358 e. The summed E-state index contributed by atoms with van der Waals surface area (Å²) >= 11 is 1.49. The number of aromatic amines is 1. The van der Waals surface area contributed by atoms with Gasteiger partial charge in [0.05, 0.1) is 6.54 Å². The number of rotatable bonds is 4. The van der Waals surface area contributed by atoms with Crippen molar-refractivity contribution in [3.8, 4) is 0 Å². The van der Waals surface area contributed by atoms with E-state index in [4.69, 9.17) is 0 Å². The molecule has 0 bridgehead atoms. The number of Topliss-reactive ketones (excluding diaryl/α,β-unsaturated/α-hetero) is 1. The Morgan fingerprint density at radius 3 is 3.00 bits per heavy atom. The number of benzene rings is 1. The Labute approximate surface area is 120 Å². The van der Waals surface area contributed by atoms with Crippen LogP contribution < -0.4 is 5.32 Å². The second-order valence-corrected chi connectivity index (χ2v) is 5.68. The lowest BCUT2D eigenvalue weighted by atomic mass is 10.1. The number of ketones is 1. The minimum atomic E-state index is 0.0767. The molecule has 2 heterocycles. The summed E-state index contributed by atoms with van der Waals surface area (Å²) in [5.41, 5.74) is 3.87. The Morgan fingerprint density at radius 2 is 2.25 bits per heavy atom. The van der Waals surface area contributed by atoms with E-state index in [9.17, 15) is 4.79 Å². The van der Waals surface area contributed by atoms with Gasteiger partial charge in [0.15, 0.2) is 10.9 Å². The molecule has 1 aromatic carbocycles. The first kappa shape index (κ1) is 12.9. The third-order valence-electron chi connectivity index (χ3n) is 3.25. The number of nitrogens with one attached hydrogen (secondary N) is 2. The number of carbonyl (C=O) groups is 1. The number of H-pyrrole nitrogens is 1. The van der Waals surface area contributed by atoms with Gasteiger partial charge >= 0.3 is 0 Å². The normalized spacial score (nSPS) is 10.9. The third kappa shape index (κ3) is 2.32. The molecule has 0 radical (unpaired) electrons. The number of fused-ring (bicyclic) bond motifs is 1. The first-order valence-electron chi connectivity index (χ1n) is 6.40. The van der Waals surface area contributed by atoms with Crippen LogP contribution in [-0.2, 0) is 0 Å². The third-order valence-corrected chi connectivity index (χ3v) is 3.98. The summed E-state index contributed by atoms with van der Waals surface area (Å²) in [7, 11) is 0. The lowest BCUT2D eigenvalue weighted by molar-refractivity contribution is 0.101. The molecular formula is C15H15N3OS. The molecule has 2 aromatic heterocycles. The van der Waals surface area contributed by atoms with Crippen molar-refractivity contribution in [3.05, 3.63) is 46.6 Å². The van der Waals surface area contributed by atoms with Gasteiger partial charge in [-0.15, -0.1) is 11.3 Å². The summed E-state index contributed by atoms with van der Waals surface area (Å²) in [6.45, 7) is 4.24. The predicted octanol–water partition coefficient (Wildman–Crippen LogP) is 3.54. The van der Waals surface area contributed by atoms with Crippen LogP contribution in [0.4, 0.5) is 5.13 Å². The van der Waals surface area contributed by atoms with Gasteiger partial charge in [-0.2, -0.15) is 0 Å². The van der Waals surface area contributed by atoms with Crippen molar-refractivity contribution in [2.24, 2.45) is 0 Å². The Hall–Kier alpha value is -2.14. The lowest BCUT2D eigenvalue weighted by Crippen LogP contribution is -2.14. The molecule has 4 nitrogen and oxygen atoms in total. The van der Waals surface area contributed by atoms with E-state index in [1.165, 1.54) is 16.9 Å². The molecule has 0 aliphatic carbocycles. The van der Waals surface area contributed by atoms with E-state index >= 15 is 0 Å². The molecular weight excluding hydrogens is 270 g/mol. The first-order chi connectivity index (χ1) is 9.65. The smallest absolute Gasteiger partial charge is 0.184 e. The second-order valence-electron chi connectivity index (χ2n) is 4.79. The molecule has 0 atom stereocenters. The van der Waals surface area contributed by atoms with E-state index in [0.717, 1.165) is 27.3 Å². The molecule has 0 spiro atoms. The number of carbonyl (C=O) groups excluding carboxylic acids is 1. The van der Waals surface area contributed by atoms with E-state index in [1.807, 2.05) is 31.4 Å². The number of thiazole rings is 1. The summed E-state index contributed by atoms with van der Waals surface area (Å²) in [4.78, 5) is 19.8. The van der Waals surface area contributed by atoms with Crippen molar-refractivity contribution in [2.45, 2.75) is 13.8 Å². The molecule has 0 saturated heterocycles. The SMILES string of the molecule is Cc1ccc2c(C(=O)CNc3nccs3)c(C)[nH]c2c1. The number of hydrogen-bond acceptors (Lipinski definition) is 4. The van der Waals surface area contributed by atoms with E-state index in [0.29, 0.717) is 0 Å². The molecule has 102 valence electrons. The van der Waals surface area contributed by atoms with Gasteiger partial charge in [-0.1, -0.05) is 12.1 Å². The Kier molecular flexibility index (Phi) is 3.28. The summed E-state index contributed by atoms with van der Waals surface area (Å²) < 4.78 is 0. The number of aromatic nitrogens is 2. The van der Waals surface area contributed by atoms with Crippen LogP contribution in [0.2, 0.25) is 0 Å². The van der Waals surface area contributed by atoms with Crippen LogP contribution in [0.3, 0.4) is 0 Å². The number of aryl methyl sites for hydroxylation is 2. The van der Waals surface area contributed by atoms with E-state index in [-0.39, 0.29) is 12.3 Å². The van der Waals surface area contributed by atoms with Gasteiger partial charge in [0.2, 0.25) is 0 Å². The Morgan fingerprint density at radius 1 is 1.40 bits per heavy atom. The van der Waals surface area contributed by atoms with Crippen molar-refractivity contribution >= 4 is 33.2 Å². The maximum absolute atomic E-state index is 12.4. The lowest BCUT2D eigenvalue weighted by Gasteiger charge is -2.03. The molecule has 20 heavy (non-hydrogen) atoms. The van der Waals surface area contributed by atoms with Crippen LogP contribution in [0.25, 0.3) is 10.9 Å². The van der Waals surface area contributed by atoms with Crippen molar-refractivity contribution in [3.63, 3.8) is 0 Å². The van der Waals surface area contributed by atoms with Gasteiger partial charge in [-0.3, -0.25) is 4.79 Å². The fourth-order valence-corrected chi connectivity index (χ4v) is 2.89. The van der Waals surface area contributed by atoms with Gasteiger partial charge in [0.1, 0.15) is 0 Å². The zero-order chi connectivity index (χ0) is 14.1. The second kappa shape index (κ2) is 5.09. The van der Waals surface area contributed by atoms with Gasteiger partial charge in [0, 0.05) is 33.7 Å². The summed E-state index contributed by atoms with van der Waals surface area (Å²) in [6.07, 6.45) is 1.72. The molecule has 0 unspecified atom stereocenters. The zero-order valence-electron chi connectivity index (χ0n) is 11.4. The summed E-state index contributed by atoms with van der Waals surface area (Å²) in [5.74, 6) is 0.0767. The molecule has 0 aliphatic heterocycles. The highest BCUT2D eigenvalue weighted by Gasteiger charge is 2.16. The highest BCUT2D eigenvalue weighted by Crippen LogP contribution is 2.23. The Bertz CT molecular complexity index is 759. The van der Waals surface area contributed by atoms with Crippen molar-refractivity contribution in [1.29, 1.82) is 0 Å². The van der Waals surface area contributed by atoms with E-state index in [1.54, 1.807) is 6.20 Å². The number of nitrogens with zero attached hydrogens (tertiary/aromatic N) is 1. The highest BCUT2D eigenvalue weighted by molar-refractivity contribution is 7.13. The van der Waals surface area contributed by atoms with Gasteiger partial charge in [-0.05, 0) is 25.5 Å². The average molecular weight is 285 g/mol. The Balaban J connectivity index is 1.89. The van der Waals surface area contributed by atoms with Crippen molar-refractivity contribution in [2.75, 3.05) is 11.9 Å². The monoisotopic (exact) mass is 285 g/mol. The van der Waals surface area contributed by atoms with Crippen LogP contribution in [-0.4, -0.2) is 22.3 Å². The molecule has 0 saturated carbocycles. The van der Waals surface area contributed by atoms with Crippen LogP contribution in [0.5, 0.6) is 0 Å². The molecule has 0 amide bonds. The van der Waals surface area contributed by atoms with Crippen molar-refractivity contribution in [1.82, 2.24) is 9.97 Å². The molecule has 0 fully saturated rings. The van der Waals surface area contributed by atoms with Gasteiger partial charge in [0.25, 0.3) is 0 Å². The first-order valence-corrected chi connectivity index (χ1v) is 7.28. The maximum Gasteiger partial charge on any atom is 0.184 e. The van der Waals surface area contributed by atoms with E-state index in [2.05, 4.69) is 21.4 Å². The standard InChI is InChI=1S/C15H15N3OS/c1-9-3-4-11-12(7-9)18-10(2)14(11)13(19)8-17-15-16-5-6-20-15/h3-7,18H,8H2,1-2H3,(H,16,17). The van der Waals surface area contributed by atoms with E-state index < -0.39 is 0 Å². The topological polar surface area (TPSA) is 57.8 Å². The van der Waals surface area contributed by atoms with Crippen LogP contribution in [0.1, 0.15) is 21.6 Å². The highest BCUT2D eigenvalue weighted by atomic mass is 32.1. The molecule has 3 rings (SSSR count). The van der Waals surface area contributed by atoms with Gasteiger partial charge in [-0.25, -0.2) is 4.98 Å². The number of hydrogen-bond donors (Lipinski definition) is 2. The van der Waals surface area contributed by atoms with Crippen LogP contribution in [0, 0.1) is 13.8 Å². The number of anilines is 1. The molecule has 3 aromatic rings. The van der Waals surface area contributed by atoms with Crippen LogP contribution >= 0.6 is 11.3 Å². The maximum atomic E-state index is 12.4. The van der Waals surface area contributed by atoms with Crippen molar-refractivity contribution < 1.29 is 4.79 Å². The molecule has 2 N–H and O–H groups in total. The molecule has 0 aliphatic rings. The fourth-order valence-electron chi connectivity index (χ4n) is 2.36. The predicted molar refractivity (Wildman–Crippen MR) is 82.7 cm³/mol. The average Bonchev–Trinajstić information content (AvgIpc) is 3.02.